The second-order valence-corrected chi connectivity index (χ2v) is 8.24. The number of aliphatic hydroxyl groups is 3. The maximum absolute atomic E-state index is 12.9. The number of hydrogen-bond donors (Lipinski definition) is 7. The third kappa shape index (κ3) is 3.87. The van der Waals surface area contributed by atoms with E-state index in [-0.39, 0.29) is 12.2 Å². The van der Waals surface area contributed by atoms with Gasteiger partial charge in [-0.05, 0) is 24.1 Å². The van der Waals surface area contributed by atoms with Crippen molar-refractivity contribution in [3.8, 4) is 5.75 Å². The first-order valence-electron chi connectivity index (χ1n) is 9.93. The van der Waals surface area contributed by atoms with Gasteiger partial charge in [-0.25, -0.2) is 0 Å². The van der Waals surface area contributed by atoms with Gasteiger partial charge in [0.05, 0.1) is 18.7 Å². The largest absolute Gasteiger partial charge is 0.508 e. The summed E-state index contributed by atoms with van der Waals surface area (Å²) in [6.07, 6.45) is -4.66. The number of phenolic OH excluding ortho intramolecular Hbond substituents is 1. The van der Waals surface area contributed by atoms with Crippen LogP contribution >= 0.6 is 0 Å². The molecule has 0 saturated carbocycles. The van der Waals surface area contributed by atoms with Gasteiger partial charge >= 0.3 is 0 Å². The van der Waals surface area contributed by atoms with Crippen molar-refractivity contribution in [3.63, 3.8) is 0 Å². The molecule has 3 saturated heterocycles. The summed E-state index contributed by atoms with van der Waals surface area (Å²) in [5.41, 5.74) is 4.56. The Labute approximate surface area is 177 Å². The fraction of sp³-hybridized carbons (Fsp3) is 0.579. The molecule has 3 fully saturated rings. The lowest BCUT2D eigenvalue weighted by atomic mass is 9.80. The molecule has 31 heavy (non-hydrogen) atoms. The summed E-state index contributed by atoms with van der Waals surface area (Å²) >= 11 is 0. The second kappa shape index (κ2) is 7.98. The van der Waals surface area contributed by atoms with Gasteiger partial charge in [-0.15, -0.1) is 0 Å². The van der Waals surface area contributed by atoms with E-state index in [1.807, 2.05) is 0 Å². The minimum Gasteiger partial charge on any atom is -0.508 e. The summed E-state index contributed by atoms with van der Waals surface area (Å²) in [7, 11) is 0. The molecule has 1 aromatic carbocycles. The van der Waals surface area contributed by atoms with Gasteiger partial charge in [-0.2, -0.15) is 5.06 Å². The van der Waals surface area contributed by atoms with Gasteiger partial charge in [0.25, 0.3) is 0 Å². The van der Waals surface area contributed by atoms with E-state index in [2.05, 4.69) is 5.32 Å². The van der Waals surface area contributed by atoms with E-state index < -0.39 is 60.6 Å². The number of nitrogens with one attached hydrogen (secondary N) is 1. The Kier molecular flexibility index (Phi) is 5.64. The fourth-order valence-corrected chi connectivity index (χ4v) is 4.07. The Balaban J connectivity index is 1.53. The molecule has 8 N–H and O–H groups in total. The summed E-state index contributed by atoms with van der Waals surface area (Å²) in [4.78, 5) is 27.0. The van der Waals surface area contributed by atoms with Crippen LogP contribution in [0, 0.1) is 0 Å². The second-order valence-electron chi connectivity index (χ2n) is 8.24. The number of nitrogens with two attached hydrogens (primary N) is 1. The molecule has 1 aromatic rings. The SMILES string of the molecule is N[C@@H](Cc1ccc(O)cc1)C(=O)NC(C(=O)N1CC1)[C@H]1[C@H](O)[C@]2(O)CO[C@@H]([C@@H]2O)N1O. The number of fused-ring (bicyclic) bond motifs is 2. The highest BCUT2D eigenvalue weighted by atomic mass is 16.6. The topological polar surface area (TPSA) is 189 Å². The third-order valence-corrected chi connectivity index (χ3v) is 6.06. The molecular weight excluding hydrogens is 412 g/mol. The number of aliphatic hydroxyl groups excluding tert-OH is 2. The molecule has 3 aliphatic heterocycles. The number of hydrogen-bond acceptors (Lipinski definition) is 10. The maximum atomic E-state index is 12.9. The van der Waals surface area contributed by atoms with Crippen molar-refractivity contribution in [1.82, 2.24) is 15.3 Å². The Morgan fingerprint density at radius 3 is 2.48 bits per heavy atom. The zero-order valence-corrected chi connectivity index (χ0v) is 16.5. The molecule has 0 radical (unpaired) electrons. The number of phenols is 1. The van der Waals surface area contributed by atoms with E-state index >= 15 is 0 Å². The van der Waals surface area contributed by atoms with Crippen molar-refractivity contribution in [3.05, 3.63) is 29.8 Å². The van der Waals surface area contributed by atoms with Crippen LogP contribution in [0.15, 0.2) is 24.3 Å². The number of amides is 2. The van der Waals surface area contributed by atoms with Crippen molar-refractivity contribution in [2.75, 3.05) is 19.7 Å². The molecule has 12 nitrogen and oxygen atoms in total. The minimum absolute atomic E-state index is 0.0669. The smallest absolute Gasteiger partial charge is 0.247 e. The molecule has 12 heteroatoms. The standard InChI is InChI=1S/C19H26N4O8/c20-11(7-9-1-3-10(24)4-2-9)16(27)21-12(17(28)22-5-6-22)13-14(25)19(29)8-31-18(15(19)26)23(13)30/h1-4,11-15,18,24-26,29-30H,5-8,20H2,(H,21,27)/t11-,12?,13-,14-,15-,18-,19+/m0/s1. The van der Waals surface area contributed by atoms with Crippen LogP contribution in [0.1, 0.15) is 5.56 Å². The lowest BCUT2D eigenvalue weighted by molar-refractivity contribution is -0.298. The average molecular weight is 438 g/mol. The third-order valence-electron chi connectivity index (χ3n) is 6.06. The maximum Gasteiger partial charge on any atom is 0.247 e. The van der Waals surface area contributed by atoms with Crippen LogP contribution < -0.4 is 11.1 Å². The van der Waals surface area contributed by atoms with Crippen LogP contribution in [-0.2, 0) is 20.7 Å². The number of benzene rings is 1. The van der Waals surface area contributed by atoms with Gasteiger partial charge in [-0.3, -0.25) is 9.59 Å². The molecule has 7 atom stereocenters. The molecule has 3 heterocycles. The summed E-state index contributed by atoms with van der Waals surface area (Å²) < 4.78 is 5.19. The summed E-state index contributed by atoms with van der Waals surface area (Å²) in [5.74, 6) is -1.20. The normalized spacial score (nSPS) is 34.3. The predicted molar refractivity (Wildman–Crippen MR) is 102 cm³/mol. The molecule has 170 valence electrons. The van der Waals surface area contributed by atoms with Crippen LogP contribution in [0.2, 0.25) is 0 Å². The highest BCUT2D eigenvalue weighted by Crippen LogP contribution is 2.39. The van der Waals surface area contributed by atoms with Crippen molar-refractivity contribution in [2.24, 2.45) is 5.73 Å². The van der Waals surface area contributed by atoms with E-state index in [9.17, 15) is 35.2 Å². The monoisotopic (exact) mass is 438 g/mol. The van der Waals surface area contributed by atoms with Crippen molar-refractivity contribution >= 4 is 11.8 Å². The number of rotatable bonds is 6. The molecule has 2 amide bonds. The van der Waals surface area contributed by atoms with Crippen LogP contribution in [0.5, 0.6) is 5.75 Å². The number of nitrogens with zero attached hydrogens (tertiary/aromatic N) is 2. The van der Waals surface area contributed by atoms with Crippen LogP contribution in [0.4, 0.5) is 0 Å². The first-order chi connectivity index (χ1) is 14.6. The molecule has 1 unspecified atom stereocenters. The Morgan fingerprint density at radius 2 is 1.87 bits per heavy atom. The van der Waals surface area contributed by atoms with Crippen LogP contribution in [0.25, 0.3) is 0 Å². The van der Waals surface area contributed by atoms with Gasteiger partial charge in [0.15, 0.2) is 6.23 Å². The van der Waals surface area contributed by atoms with Crippen molar-refractivity contribution in [1.29, 1.82) is 0 Å². The molecule has 4 rings (SSSR count). The number of carbonyl (C=O) groups is 2. The quantitative estimate of drug-likeness (QED) is 0.219. The zero-order valence-electron chi connectivity index (χ0n) is 16.5. The number of ether oxygens (including phenoxy) is 1. The highest BCUT2D eigenvalue weighted by Gasteiger charge is 2.65. The number of hydroxylamine groups is 2. The zero-order chi connectivity index (χ0) is 22.5. The molecule has 2 bridgehead atoms. The predicted octanol–water partition coefficient (Wildman–Crippen LogP) is -3.53. The first kappa shape index (κ1) is 21.9. The lowest BCUT2D eigenvalue weighted by Crippen LogP contribution is -2.74. The van der Waals surface area contributed by atoms with E-state index in [0.29, 0.717) is 23.7 Å². The van der Waals surface area contributed by atoms with Gasteiger partial charge in [0, 0.05) is 13.1 Å². The summed E-state index contributed by atoms with van der Waals surface area (Å²) in [6.45, 7) is 0.449. The van der Waals surface area contributed by atoms with Gasteiger partial charge in [0.1, 0.15) is 29.6 Å². The van der Waals surface area contributed by atoms with Gasteiger partial charge in [-0.1, -0.05) is 12.1 Å². The Hall–Kier alpha value is -2.32. The van der Waals surface area contributed by atoms with E-state index in [1.54, 1.807) is 12.1 Å². The van der Waals surface area contributed by atoms with Gasteiger partial charge < -0.3 is 46.3 Å². The van der Waals surface area contributed by atoms with E-state index in [1.165, 1.54) is 17.0 Å². The summed E-state index contributed by atoms with van der Waals surface area (Å²) in [5, 5.41) is 54.4. The van der Waals surface area contributed by atoms with Crippen LogP contribution in [-0.4, -0.2) is 109 Å². The van der Waals surface area contributed by atoms with Crippen molar-refractivity contribution in [2.45, 2.75) is 48.6 Å². The number of piperidine rings is 1. The molecule has 0 aliphatic carbocycles. The number of aromatic hydroxyl groups is 1. The average Bonchev–Trinajstić information content (AvgIpc) is 3.54. The van der Waals surface area contributed by atoms with Gasteiger partial charge in [0.2, 0.25) is 11.8 Å². The minimum atomic E-state index is -2.11. The first-order valence-corrected chi connectivity index (χ1v) is 9.93. The highest BCUT2D eigenvalue weighted by molar-refractivity contribution is 5.91. The van der Waals surface area contributed by atoms with Crippen molar-refractivity contribution < 1.29 is 40.0 Å². The molecule has 0 aromatic heterocycles. The van der Waals surface area contributed by atoms with Crippen LogP contribution in [0.3, 0.4) is 0 Å². The van der Waals surface area contributed by atoms with E-state index in [4.69, 9.17) is 10.5 Å². The summed E-state index contributed by atoms with van der Waals surface area (Å²) in [6, 6.07) is 2.14. The fourth-order valence-electron chi connectivity index (χ4n) is 4.07. The lowest BCUT2D eigenvalue weighted by Gasteiger charge is -2.47. The van der Waals surface area contributed by atoms with E-state index in [0.717, 1.165) is 0 Å². The molecule has 0 spiro atoms. The number of carbonyl (C=O) groups excluding carboxylic acids is 2. The Bertz CT molecular complexity index is 850. The molecule has 3 aliphatic rings. The molecular formula is C19H26N4O8. The Morgan fingerprint density at radius 1 is 1.23 bits per heavy atom.